The van der Waals surface area contributed by atoms with Gasteiger partial charge in [0.25, 0.3) is 0 Å². The van der Waals surface area contributed by atoms with Crippen LogP contribution in [0, 0.1) is 0 Å². The summed E-state index contributed by atoms with van der Waals surface area (Å²) in [5, 5.41) is 3.29. The van der Waals surface area contributed by atoms with Gasteiger partial charge in [-0.05, 0) is 19.3 Å². The molecule has 1 aromatic rings. The largest absolute Gasteiger partial charge is 0.385 e. The lowest BCUT2D eigenvalue weighted by Crippen LogP contribution is -2.19. The third kappa shape index (κ3) is 2.13. The molecule has 0 unspecified atom stereocenters. The van der Waals surface area contributed by atoms with E-state index in [1.165, 1.54) is 5.01 Å². The molecule has 0 atom stereocenters. The van der Waals surface area contributed by atoms with Crippen molar-refractivity contribution >= 4 is 11.3 Å². The highest BCUT2D eigenvalue weighted by Crippen LogP contribution is 2.42. The predicted molar refractivity (Wildman–Crippen MR) is 57.4 cm³/mol. The first-order chi connectivity index (χ1) is 6.74. The molecule has 0 amide bonds. The van der Waals surface area contributed by atoms with Gasteiger partial charge in [0.05, 0.1) is 16.2 Å². The van der Waals surface area contributed by atoms with Gasteiger partial charge in [0.2, 0.25) is 0 Å². The van der Waals surface area contributed by atoms with Crippen LogP contribution < -0.4 is 5.73 Å². The molecule has 1 fully saturated rings. The summed E-state index contributed by atoms with van der Waals surface area (Å²) in [5.74, 6) is 0. The Hall–Kier alpha value is -0.450. The van der Waals surface area contributed by atoms with E-state index >= 15 is 0 Å². The van der Waals surface area contributed by atoms with E-state index in [4.69, 9.17) is 10.5 Å². The van der Waals surface area contributed by atoms with Crippen LogP contribution in [0.5, 0.6) is 0 Å². The fraction of sp³-hybridized carbons (Fsp3) is 0.700. The van der Waals surface area contributed by atoms with Gasteiger partial charge in [-0.1, -0.05) is 0 Å². The van der Waals surface area contributed by atoms with Gasteiger partial charge in [-0.25, -0.2) is 4.98 Å². The zero-order chi connectivity index (χ0) is 10.0. The number of thiazole rings is 1. The lowest BCUT2D eigenvalue weighted by Gasteiger charge is -2.02. The Balaban J connectivity index is 1.90. The highest BCUT2D eigenvalue weighted by atomic mass is 32.1. The Morgan fingerprint density at radius 2 is 2.43 bits per heavy atom. The third-order valence-electron chi connectivity index (χ3n) is 2.59. The molecule has 1 saturated carbocycles. The van der Waals surface area contributed by atoms with Crippen LogP contribution in [0.4, 0.5) is 0 Å². The lowest BCUT2D eigenvalue weighted by molar-refractivity contribution is 0.195. The Bertz CT molecular complexity index is 307. The molecule has 1 aliphatic carbocycles. The van der Waals surface area contributed by atoms with Gasteiger partial charge in [-0.15, -0.1) is 11.3 Å². The molecule has 0 saturated heterocycles. The fourth-order valence-electron chi connectivity index (χ4n) is 1.41. The quantitative estimate of drug-likeness (QED) is 0.755. The molecular weight excluding hydrogens is 196 g/mol. The lowest BCUT2D eigenvalue weighted by atomic mass is 10.2. The van der Waals surface area contributed by atoms with Crippen molar-refractivity contribution in [3.05, 3.63) is 16.1 Å². The SMILES string of the molecule is COCCCc1nc(C2(N)CC2)cs1. The monoisotopic (exact) mass is 212 g/mol. The molecule has 78 valence electrons. The molecule has 0 aromatic carbocycles. The summed E-state index contributed by atoms with van der Waals surface area (Å²) in [6.45, 7) is 0.808. The third-order valence-corrected chi connectivity index (χ3v) is 3.50. The van der Waals surface area contributed by atoms with Crippen molar-refractivity contribution in [1.82, 2.24) is 4.98 Å². The molecule has 0 bridgehead atoms. The van der Waals surface area contributed by atoms with Crippen LogP contribution >= 0.6 is 11.3 Å². The summed E-state index contributed by atoms with van der Waals surface area (Å²) in [6.07, 6.45) is 4.23. The van der Waals surface area contributed by atoms with E-state index in [0.29, 0.717) is 0 Å². The smallest absolute Gasteiger partial charge is 0.0929 e. The number of hydrogen-bond donors (Lipinski definition) is 1. The van der Waals surface area contributed by atoms with Crippen LogP contribution in [0.15, 0.2) is 5.38 Å². The van der Waals surface area contributed by atoms with E-state index in [1.54, 1.807) is 18.4 Å². The first-order valence-corrected chi connectivity index (χ1v) is 5.85. The number of nitrogens with zero attached hydrogens (tertiary/aromatic N) is 1. The standard InChI is InChI=1S/C10H16N2OS/c1-13-6-2-3-9-12-8(7-14-9)10(11)4-5-10/h7H,2-6,11H2,1H3. The van der Waals surface area contributed by atoms with E-state index in [-0.39, 0.29) is 5.54 Å². The van der Waals surface area contributed by atoms with Gasteiger partial charge < -0.3 is 10.5 Å². The highest BCUT2D eigenvalue weighted by Gasteiger charge is 2.42. The maximum absolute atomic E-state index is 6.06. The van der Waals surface area contributed by atoms with E-state index < -0.39 is 0 Å². The van der Waals surface area contributed by atoms with E-state index in [9.17, 15) is 0 Å². The second-order valence-corrected chi connectivity index (χ2v) is 4.82. The summed E-state index contributed by atoms with van der Waals surface area (Å²) in [6, 6.07) is 0. The number of nitrogens with two attached hydrogens (primary N) is 1. The van der Waals surface area contributed by atoms with Crippen molar-refractivity contribution in [1.29, 1.82) is 0 Å². The van der Waals surface area contributed by atoms with Gasteiger partial charge in [-0.2, -0.15) is 0 Å². The predicted octanol–water partition coefficient (Wildman–Crippen LogP) is 1.67. The van der Waals surface area contributed by atoms with E-state index in [1.807, 2.05) is 0 Å². The fourth-order valence-corrected chi connectivity index (χ4v) is 2.36. The average molecular weight is 212 g/mol. The average Bonchev–Trinajstić information content (AvgIpc) is 2.76. The van der Waals surface area contributed by atoms with Crippen molar-refractivity contribution < 1.29 is 4.74 Å². The second-order valence-electron chi connectivity index (χ2n) is 3.88. The van der Waals surface area contributed by atoms with E-state index in [2.05, 4.69) is 10.4 Å². The van der Waals surface area contributed by atoms with Crippen molar-refractivity contribution in [2.75, 3.05) is 13.7 Å². The zero-order valence-electron chi connectivity index (χ0n) is 8.45. The van der Waals surface area contributed by atoms with Crippen molar-refractivity contribution in [3.63, 3.8) is 0 Å². The summed E-state index contributed by atoms with van der Waals surface area (Å²) < 4.78 is 5.00. The Morgan fingerprint density at radius 1 is 1.64 bits per heavy atom. The maximum atomic E-state index is 6.06. The summed E-state index contributed by atoms with van der Waals surface area (Å²) >= 11 is 1.72. The summed E-state index contributed by atoms with van der Waals surface area (Å²) in [5.41, 5.74) is 7.07. The minimum atomic E-state index is -0.0734. The van der Waals surface area contributed by atoms with Crippen molar-refractivity contribution in [2.24, 2.45) is 5.73 Å². The van der Waals surface area contributed by atoms with Gasteiger partial charge in [-0.3, -0.25) is 0 Å². The maximum Gasteiger partial charge on any atom is 0.0929 e. The van der Waals surface area contributed by atoms with Crippen molar-refractivity contribution in [2.45, 2.75) is 31.2 Å². The van der Waals surface area contributed by atoms with Gasteiger partial charge in [0.1, 0.15) is 0 Å². The van der Waals surface area contributed by atoms with E-state index in [0.717, 1.165) is 38.0 Å². The molecule has 0 aliphatic heterocycles. The molecule has 1 aliphatic rings. The minimum absolute atomic E-state index is 0.0734. The topological polar surface area (TPSA) is 48.1 Å². The normalized spacial score (nSPS) is 18.4. The van der Waals surface area contributed by atoms with Crippen LogP contribution in [-0.4, -0.2) is 18.7 Å². The minimum Gasteiger partial charge on any atom is -0.385 e. The molecule has 4 heteroatoms. The Morgan fingerprint density at radius 3 is 3.07 bits per heavy atom. The van der Waals surface area contributed by atoms with Crippen LogP contribution in [0.25, 0.3) is 0 Å². The van der Waals surface area contributed by atoms with Crippen LogP contribution in [0.2, 0.25) is 0 Å². The summed E-state index contributed by atoms with van der Waals surface area (Å²) in [4.78, 5) is 4.55. The number of rotatable bonds is 5. The molecule has 2 N–H and O–H groups in total. The van der Waals surface area contributed by atoms with Crippen molar-refractivity contribution in [3.8, 4) is 0 Å². The number of aryl methyl sites for hydroxylation is 1. The molecule has 0 spiro atoms. The highest BCUT2D eigenvalue weighted by molar-refractivity contribution is 7.09. The molecule has 3 nitrogen and oxygen atoms in total. The van der Waals surface area contributed by atoms with Gasteiger partial charge in [0.15, 0.2) is 0 Å². The summed E-state index contributed by atoms with van der Waals surface area (Å²) in [7, 11) is 1.73. The molecule has 0 radical (unpaired) electrons. The Labute approximate surface area is 88.3 Å². The molecule has 14 heavy (non-hydrogen) atoms. The zero-order valence-corrected chi connectivity index (χ0v) is 9.27. The first kappa shape index (κ1) is 10.1. The Kier molecular flexibility index (Phi) is 2.85. The number of hydrogen-bond acceptors (Lipinski definition) is 4. The molecule has 1 heterocycles. The first-order valence-electron chi connectivity index (χ1n) is 4.97. The molecular formula is C10H16N2OS. The number of ether oxygens (including phenoxy) is 1. The van der Waals surface area contributed by atoms with Gasteiger partial charge in [0, 0.05) is 25.5 Å². The molecule has 1 aromatic heterocycles. The van der Waals surface area contributed by atoms with Gasteiger partial charge >= 0.3 is 0 Å². The number of aromatic nitrogens is 1. The molecule has 2 rings (SSSR count). The second kappa shape index (κ2) is 3.96. The van der Waals surface area contributed by atoms with Crippen LogP contribution in [0.1, 0.15) is 30.0 Å². The van der Waals surface area contributed by atoms with Crippen LogP contribution in [-0.2, 0) is 16.7 Å². The number of methoxy groups -OCH3 is 1. The van der Waals surface area contributed by atoms with Crippen LogP contribution in [0.3, 0.4) is 0 Å².